The Morgan fingerprint density at radius 1 is 1.04 bits per heavy atom. The summed E-state index contributed by atoms with van der Waals surface area (Å²) in [5.74, 6) is 0. The van der Waals surface area contributed by atoms with Crippen molar-refractivity contribution >= 4 is 17.3 Å². The maximum atomic E-state index is 5.67. The van der Waals surface area contributed by atoms with E-state index in [-0.39, 0.29) is 18.1 Å². The van der Waals surface area contributed by atoms with Gasteiger partial charge in [0.1, 0.15) is 0 Å². The molecule has 1 N–H and O–H groups in total. The van der Waals surface area contributed by atoms with Gasteiger partial charge < -0.3 is 14.8 Å². The Balaban J connectivity index is 1.83. The lowest BCUT2D eigenvalue weighted by atomic mass is 10.0. The van der Waals surface area contributed by atoms with Gasteiger partial charge in [0, 0.05) is 42.2 Å². The molecule has 0 amide bonds. The smallest absolute Gasteiger partial charge is 0.170 e. The van der Waals surface area contributed by atoms with E-state index in [0.717, 1.165) is 16.5 Å². The highest BCUT2D eigenvalue weighted by Crippen LogP contribution is 2.40. The first-order chi connectivity index (χ1) is 12.7. The normalized spacial score (nSPS) is 19.8. The molecule has 0 unspecified atom stereocenters. The fraction of sp³-hybridized carbons (Fsp3) is 0.250. The Bertz CT molecular complexity index is 891. The second-order valence-electron chi connectivity index (χ2n) is 6.64. The molecule has 6 heteroatoms. The van der Waals surface area contributed by atoms with Gasteiger partial charge in [-0.15, -0.1) is 0 Å². The highest BCUT2D eigenvalue weighted by molar-refractivity contribution is 7.80. The number of thiocarbonyl (C=S) groups is 1. The SMILES string of the molecule is CC(C)N1C(=S)N[C@@H](c2ccccn2)[C@@H]1c1cccn1-c1ccncc1. The first-order valence-electron chi connectivity index (χ1n) is 8.74. The summed E-state index contributed by atoms with van der Waals surface area (Å²) in [6.07, 6.45) is 7.54. The summed E-state index contributed by atoms with van der Waals surface area (Å²) in [4.78, 5) is 11.0. The first kappa shape index (κ1) is 16.7. The largest absolute Gasteiger partial charge is 0.352 e. The van der Waals surface area contributed by atoms with Crippen molar-refractivity contribution < 1.29 is 0 Å². The fourth-order valence-electron chi connectivity index (χ4n) is 3.61. The minimum atomic E-state index is 0.00147. The third kappa shape index (κ3) is 2.86. The zero-order chi connectivity index (χ0) is 18.1. The van der Waals surface area contributed by atoms with E-state index in [9.17, 15) is 0 Å². The molecule has 3 aromatic rings. The molecule has 0 aliphatic carbocycles. The van der Waals surface area contributed by atoms with Gasteiger partial charge in [0.25, 0.3) is 0 Å². The molecular weight excluding hydrogens is 342 g/mol. The predicted octanol–water partition coefficient (Wildman–Crippen LogP) is 3.65. The topological polar surface area (TPSA) is 46.0 Å². The lowest BCUT2D eigenvalue weighted by Gasteiger charge is -2.31. The summed E-state index contributed by atoms with van der Waals surface area (Å²) in [5, 5.41) is 4.25. The van der Waals surface area contributed by atoms with E-state index in [1.54, 1.807) is 0 Å². The number of aromatic nitrogens is 3. The maximum Gasteiger partial charge on any atom is 0.170 e. The molecule has 0 bridgehead atoms. The van der Waals surface area contributed by atoms with Gasteiger partial charge in [-0.3, -0.25) is 9.97 Å². The summed E-state index contributed by atoms with van der Waals surface area (Å²) >= 11 is 5.67. The summed E-state index contributed by atoms with van der Waals surface area (Å²) < 4.78 is 2.20. The van der Waals surface area contributed by atoms with Crippen molar-refractivity contribution in [2.45, 2.75) is 32.0 Å². The van der Waals surface area contributed by atoms with Gasteiger partial charge in [0.05, 0.1) is 17.8 Å². The number of rotatable bonds is 4. The Hall–Kier alpha value is -2.73. The van der Waals surface area contributed by atoms with Crippen LogP contribution in [0.25, 0.3) is 5.69 Å². The van der Waals surface area contributed by atoms with Crippen LogP contribution in [0.15, 0.2) is 67.3 Å². The van der Waals surface area contributed by atoms with Crippen LogP contribution in [0.1, 0.15) is 37.3 Å². The third-order valence-corrected chi connectivity index (χ3v) is 5.04. The van der Waals surface area contributed by atoms with E-state index >= 15 is 0 Å². The molecule has 0 saturated carbocycles. The van der Waals surface area contributed by atoms with Gasteiger partial charge >= 0.3 is 0 Å². The summed E-state index contributed by atoms with van der Waals surface area (Å²) in [7, 11) is 0. The van der Waals surface area contributed by atoms with Gasteiger partial charge in [-0.25, -0.2) is 0 Å². The minimum Gasteiger partial charge on any atom is -0.352 e. The fourth-order valence-corrected chi connectivity index (χ4v) is 4.06. The van der Waals surface area contributed by atoms with Crippen LogP contribution in [0, 0.1) is 0 Å². The van der Waals surface area contributed by atoms with Crippen LogP contribution in [-0.4, -0.2) is 30.6 Å². The first-order valence-corrected chi connectivity index (χ1v) is 9.15. The zero-order valence-electron chi connectivity index (χ0n) is 14.8. The third-order valence-electron chi connectivity index (χ3n) is 4.72. The molecule has 4 heterocycles. The van der Waals surface area contributed by atoms with Crippen LogP contribution in [-0.2, 0) is 0 Å². The molecule has 0 aromatic carbocycles. The lowest BCUT2D eigenvalue weighted by Crippen LogP contribution is -2.36. The Kier molecular flexibility index (Phi) is 4.42. The number of hydrogen-bond donors (Lipinski definition) is 1. The average molecular weight is 363 g/mol. The molecule has 1 aliphatic rings. The van der Waals surface area contributed by atoms with Crippen LogP contribution >= 0.6 is 12.2 Å². The Morgan fingerprint density at radius 3 is 2.54 bits per heavy atom. The summed E-state index contributed by atoms with van der Waals surface area (Å²) in [6.45, 7) is 4.34. The molecule has 1 fully saturated rings. The number of nitrogens with zero attached hydrogens (tertiary/aromatic N) is 4. The number of nitrogens with one attached hydrogen (secondary N) is 1. The monoisotopic (exact) mass is 363 g/mol. The van der Waals surface area contributed by atoms with E-state index in [4.69, 9.17) is 12.2 Å². The van der Waals surface area contributed by atoms with Gasteiger partial charge in [-0.1, -0.05) is 6.07 Å². The quantitative estimate of drug-likeness (QED) is 0.717. The van der Waals surface area contributed by atoms with Gasteiger partial charge in [-0.05, 0) is 62.5 Å². The van der Waals surface area contributed by atoms with Crippen molar-refractivity contribution in [1.29, 1.82) is 0 Å². The maximum absolute atomic E-state index is 5.67. The second kappa shape index (κ2) is 6.88. The summed E-state index contributed by atoms with van der Waals surface area (Å²) in [6, 6.07) is 14.6. The zero-order valence-corrected chi connectivity index (χ0v) is 15.6. The van der Waals surface area contributed by atoms with Crippen LogP contribution in [0.2, 0.25) is 0 Å². The van der Waals surface area contributed by atoms with E-state index in [1.807, 2.05) is 42.9 Å². The molecule has 1 aliphatic heterocycles. The van der Waals surface area contributed by atoms with Crippen molar-refractivity contribution in [3.05, 3.63) is 78.6 Å². The molecule has 1 saturated heterocycles. The molecule has 26 heavy (non-hydrogen) atoms. The van der Waals surface area contributed by atoms with Crippen molar-refractivity contribution in [3.8, 4) is 5.69 Å². The molecule has 5 nitrogen and oxygen atoms in total. The van der Waals surface area contributed by atoms with Crippen LogP contribution in [0.5, 0.6) is 0 Å². The van der Waals surface area contributed by atoms with Crippen molar-refractivity contribution in [2.24, 2.45) is 0 Å². The standard InChI is InChI=1S/C20H21N5S/c1-14(2)25-19(18(23-20(25)26)16-6-3-4-10-22-16)17-7-5-13-24(17)15-8-11-21-12-9-15/h3-14,18-19H,1-2H3,(H,23,26)/t18-,19-/m0/s1. The van der Waals surface area contributed by atoms with Crippen molar-refractivity contribution in [2.75, 3.05) is 0 Å². The second-order valence-corrected chi connectivity index (χ2v) is 7.02. The van der Waals surface area contributed by atoms with Crippen molar-refractivity contribution in [1.82, 2.24) is 24.8 Å². The molecule has 0 spiro atoms. The highest BCUT2D eigenvalue weighted by atomic mass is 32.1. The van der Waals surface area contributed by atoms with Gasteiger partial charge in [-0.2, -0.15) is 0 Å². The molecule has 2 atom stereocenters. The lowest BCUT2D eigenvalue weighted by molar-refractivity contribution is 0.262. The average Bonchev–Trinajstić information content (AvgIpc) is 3.27. The van der Waals surface area contributed by atoms with Crippen LogP contribution in [0.3, 0.4) is 0 Å². The Morgan fingerprint density at radius 2 is 1.85 bits per heavy atom. The molecule has 0 radical (unpaired) electrons. The van der Waals surface area contributed by atoms with Crippen molar-refractivity contribution in [3.63, 3.8) is 0 Å². The van der Waals surface area contributed by atoms with Crippen LogP contribution in [0.4, 0.5) is 0 Å². The van der Waals surface area contributed by atoms with E-state index < -0.39 is 0 Å². The Labute approximate surface area is 158 Å². The predicted molar refractivity (Wildman–Crippen MR) is 106 cm³/mol. The number of hydrogen-bond acceptors (Lipinski definition) is 3. The molecule has 3 aromatic heterocycles. The molecule has 4 rings (SSSR count). The molecular formula is C20H21N5S. The van der Waals surface area contributed by atoms with E-state index in [0.29, 0.717) is 0 Å². The minimum absolute atomic E-state index is 0.00147. The van der Waals surface area contributed by atoms with E-state index in [1.165, 1.54) is 5.69 Å². The molecule has 132 valence electrons. The summed E-state index contributed by atoms with van der Waals surface area (Å²) in [5.41, 5.74) is 3.25. The van der Waals surface area contributed by atoms with Gasteiger partial charge in [0.15, 0.2) is 5.11 Å². The van der Waals surface area contributed by atoms with Crippen LogP contribution < -0.4 is 5.32 Å². The van der Waals surface area contributed by atoms with E-state index in [2.05, 4.69) is 63.0 Å². The van der Waals surface area contributed by atoms with Gasteiger partial charge in [0.2, 0.25) is 0 Å². The highest BCUT2D eigenvalue weighted by Gasteiger charge is 2.42. The number of pyridine rings is 2.